The number of imide groups is 1. The lowest BCUT2D eigenvalue weighted by Gasteiger charge is -2.29. The number of nitrogens with zero attached hydrogens (tertiary/aromatic N) is 1. The van der Waals surface area contributed by atoms with E-state index >= 15 is 0 Å². The summed E-state index contributed by atoms with van der Waals surface area (Å²) < 4.78 is 0. The van der Waals surface area contributed by atoms with Crippen molar-refractivity contribution in [2.24, 2.45) is 0 Å². The van der Waals surface area contributed by atoms with Gasteiger partial charge in [-0.25, -0.2) is 4.79 Å². The van der Waals surface area contributed by atoms with Crippen LogP contribution in [0.4, 0.5) is 10.5 Å². The van der Waals surface area contributed by atoms with E-state index in [1.54, 1.807) is 13.0 Å². The predicted molar refractivity (Wildman–Crippen MR) is 57.7 cm³/mol. The summed E-state index contributed by atoms with van der Waals surface area (Å²) in [6.07, 6.45) is -0.668. The van der Waals surface area contributed by atoms with E-state index in [-0.39, 0.29) is 0 Å². The van der Waals surface area contributed by atoms with Crippen LogP contribution in [-0.2, 0) is 9.63 Å². The predicted octanol–water partition coefficient (Wildman–Crippen LogP) is 1.37. The number of rotatable bonds is 1. The highest BCUT2D eigenvalue weighted by Crippen LogP contribution is 2.19. The van der Waals surface area contributed by atoms with Gasteiger partial charge < -0.3 is 0 Å². The molecular weight excluding hydrogens is 208 g/mol. The lowest BCUT2D eigenvalue weighted by Crippen LogP contribution is -2.54. The number of aryl methyl sites for hydroxylation is 1. The van der Waals surface area contributed by atoms with Gasteiger partial charge in [0.2, 0.25) is 0 Å². The van der Waals surface area contributed by atoms with Crippen molar-refractivity contribution in [2.45, 2.75) is 20.0 Å². The zero-order chi connectivity index (χ0) is 11.7. The fourth-order valence-corrected chi connectivity index (χ4v) is 1.44. The van der Waals surface area contributed by atoms with Gasteiger partial charge >= 0.3 is 6.03 Å². The third-order valence-electron chi connectivity index (χ3n) is 2.28. The van der Waals surface area contributed by atoms with Crippen molar-refractivity contribution < 1.29 is 14.4 Å². The minimum Gasteiger partial charge on any atom is -0.273 e. The van der Waals surface area contributed by atoms with Crippen LogP contribution in [0.15, 0.2) is 24.3 Å². The van der Waals surface area contributed by atoms with Gasteiger partial charge in [0.15, 0.2) is 6.10 Å². The molecule has 5 nitrogen and oxygen atoms in total. The Balaban J connectivity index is 2.27. The summed E-state index contributed by atoms with van der Waals surface area (Å²) in [5.41, 5.74) is 1.62. The van der Waals surface area contributed by atoms with E-state index in [2.05, 4.69) is 5.32 Å². The van der Waals surface area contributed by atoms with Crippen LogP contribution in [0.1, 0.15) is 12.5 Å². The van der Waals surface area contributed by atoms with Crippen LogP contribution in [0.3, 0.4) is 0 Å². The molecule has 1 atom stereocenters. The molecule has 16 heavy (non-hydrogen) atoms. The molecule has 1 N–H and O–H groups in total. The summed E-state index contributed by atoms with van der Waals surface area (Å²) >= 11 is 0. The number of anilines is 1. The average molecular weight is 220 g/mol. The van der Waals surface area contributed by atoms with Crippen molar-refractivity contribution in [3.8, 4) is 0 Å². The molecule has 1 aromatic rings. The Kier molecular flexibility index (Phi) is 2.62. The minimum atomic E-state index is -0.668. The summed E-state index contributed by atoms with van der Waals surface area (Å²) in [6, 6.07) is 6.73. The lowest BCUT2D eigenvalue weighted by molar-refractivity contribution is -0.133. The molecule has 0 spiro atoms. The molecule has 1 saturated heterocycles. The molecule has 1 aliphatic heterocycles. The maximum absolute atomic E-state index is 11.5. The summed E-state index contributed by atoms with van der Waals surface area (Å²) in [7, 11) is 0. The first-order chi connectivity index (χ1) is 7.58. The first-order valence-electron chi connectivity index (χ1n) is 4.96. The van der Waals surface area contributed by atoms with Gasteiger partial charge in [-0.2, -0.15) is 5.06 Å². The average Bonchev–Trinajstić information content (AvgIpc) is 2.23. The van der Waals surface area contributed by atoms with Gasteiger partial charge in [-0.05, 0) is 31.5 Å². The highest BCUT2D eigenvalue weighted by molar-refractivity contribution is 6.04. The lowest BCUT2D eigenvalue weighted by atomic mass is 10.2. The molecule has 0 radical (unpaired) electrons. The molecule has 3 amide bonds. The summed E-state index contributed by atoms with van der Waals surface area (Å²) in [6.45, 7) is 3.50. The second-order valence-corrected chi connectivity index (χ2v) is 3.68. The van der Waals surface area contributed by atoms with Crippen molar-refractivity contribution in [1.29, 1.82) is 0 Å². The van der Waals surface area contributed by atoms with Crippen LogP contribution in [0.25, 0.3) is 0 Å². The molecule has 1 unspecified atom stereocenters. The Morgan fingerprint density at radius 1 is 1.38 bits per heavy atom. The molecule has 1 aliphatic rings. The van der Waals surface area contributed by atoms with Gasteiger partial charge in [0.05, 0.1) is 5.69 Å². The third kappa shape index (κ3) is 1.90. The number of hydrogen-bond acceptors (Lipinski definition) is 3. The fourth-order valence-electron chi connectivity index (χ4n) is 1.44. The van der Waals surface area contributed by atoms with E-state index in [0.717, 1.165) is 10.6 Å². The smallest absolute Gasteiger partial charge is 0.273 e. The number of hydroxylamine groups is 1. The summed E-state index contributed by atoms with van der Waals surface area (Å²) in [5, 5.41) is 3.32. The highest BCUT2D eigenvalue weighted by Gasteiger charge is 2.31. The van der Waals surface area contributed by atoms with Gasteiger partial charge in [0.1, 0.15) is 0 Å². The minimum absolute atomic E-state index is 0.422. The SMILES string of the molecule is Cc1cccc(N2OC(C)C(=O)NC2=O)c1. The monoisotopic (exact) mass is 220 g/mol. The van der Waals surface area contributed by atoms with E-state index in [9.17, 15) is 9.59 Å². The summed E-state index contributed by atoms with van der Waals surface area (Å²) in [5.74, 6) is -0.422. The van der Waals surface area contributed by atoms with Crippen molar-refractivity contribution >= 4 is 17.6 Å². The van der Waals surface area contributed by atoms with Gasteiger partial charge in [-0.15, -0.1) is 0 Å². The van der Waals surface area contributed by atoms with E-state index < -0.39 is 18.0 Å². The van der Waals surface area contributed by atoms with Crippen LogP contribution in [0.5, 0.6) is 0 Å². The van der Waals surface area contributed by atoms with Gasteiger partial charge in [-0.3, -0.25) is 14.9 Å². The number of carbonyl (C=O) groups is 2. The Labute approximate surface area is 93.0 Å². The first kappa shape index (κ1) is 10.6. The molecule has 1 aromatic carbocycles. The Morgan fingerprint density at radius 2 is 2.12 bits per heavy atom. The van der Waals surface area contributed by atoms with Crippen LogP contribution in [-0.4, -0.2) is 18.0 Å². The summed E-state index contributed by atoms with van der Waals surface area (Å²) in [4.78, 5) is 27.9. The van der Waals surface area contributed by atoms with Crippen LogP contribution in [0, 0.1) is 6.92 Å². The zero-order valence-electron chi connectivity index (χ0n) is 9.06. The zero-order valence-corrected chi connectivity index (χ0v) is 9.06. The first-order valence-corrected chi connectivity index (χ1v) is 4.96. The van der Waals surface area contributed by atoms with Crippen molar-refractivity contribution in [2.75, 3.05) is 5.06 Å². The Bertz CT molecular complexity index is 445. The van der Waals surface area contributed by atoms with E-state index in [1.165, 1.54) is 0 Å². The van der Waals surface area contributed by atoms with Crippen molar-refractivity contribution in [1.82, 2.24) is 5.32 Å². The Morgan fingerprint density at radius 3 is 2.81 bits per heavy atom. The van der Waals surface area contributed by atoms with Gasteiger partial charge in [0.25, 0.3) is 5.91 Å². The quantitative estimate of drug-likeness (QED) is 0.777. The topological polar surface area (TPSA) is 58.6 Å². The molecule has 0 bridgehead atoms. The maximum atomic E-state index is 11.5. The van der Waals surface area contributed by atoms with Crippen LogP contribution < -0.4 is 10.4 Å². The molecule has 84 valence electrons. The Hall–Kier alpha value is -1.88. The van der Waals surface area contributed by atoms with E-state index in [4.69, 9.17) is 4.84 Å². The van der Waals surface area contributed by atoms with E-state index in [1.807, 2.05) is 25.1 Å². The number of hydrogen-bond donors (Lipinski definition) is 1. The molecular formula is C11H12N2O3. The normalized spacial score (nSPS) is 20.9. The number of nitrogens with one attached hydrogen (secondary N) is 1. The van der Waals surface area contributed by atoms with Crippen LogP contribution in [0.2, 0.25) is 0 Å². The van der Waals surface area contributed by atoms with Gasteiger partial charge in [-0.1, -0.05) is 12.1 Å². The van der Waals surface area contributed by atoms with Gasteiger partial charge in [0, 0.05) is 0 Å². The molecule has 1 heterocycles. The molecule has 5 heteroatoms. The fraction of sp³-hybridized carbons (Fsp3) is 0.273. The van der Waals surface area contributed by atoms with Crippen molar-refractivity contribution in [3.63, 3.8) is 0 Å². The third-order valence-corrected chi connectivity index (χ3v) is 2.28. The largest absolute Gasteiger partial charge is 0.352 e. The number of benzene rings is 1. The van der Waals surface area contributed by atoms with Crippen LogP contribution >= 0.6 is 0 Å². The second kappa shape index (κ2) is 3.94. The molecule has 0 aromatic heterocycles. The van der Waals surface area contributed by atoms with Crippen molar-refractivity contribution in [3.05, 3.63) is 29.8 Å². The number of urea groups is 1. The molecule has 0 saturated carbocycles. The highest BCUT2D eigenvalue weighted by atomic mass is 16.7. The molecule has 1 fully saturated rings. The van der Waals surface area contributed by atoms with E-state index in [0.29, 0.717) is 5.69 Å². The molecule has 2 rings (SSSR count). The molecule has 0 aliphatic carbocycles. The maximum Gasteiger partial charge on any atom is 0.352 e. The second-order valence-electron chi connectivity index (χ2n) is 3.68. The number of amides is 3. The standard InChI is InChI=1S/C11H12N2O3/c1-7-4-3-5-9(6-7)13-11(15)12-10(14)8(2)16-13/h3-6,8H,1-2H3,(H,12,14,15). The number of carbonyl (C=O) groups excluding carboxylic acids is 2.